The van der Waals surface area contributed by atoms with Crippen molar-refractivity contribution in [3.05, 3.63) is 91.1 Å². The Kier molecular flexibility index (Phi) is 3.35. The Bertz CT molecular complexity index is 933. The second-order valence-corrected chi connectivity index (χ2v) is 5.65. The van der Waals surface area contributed by atoms with Crippen molar-refractivity contribution < 1.29 is 0 Å². The molecule has 0 aliphatic carbocycles. The van der Waals surface area contributed by atoms with E-state index in [-0.39, 0.29) is 0 Å². The summed E-state index contributed by atoms with van der Waals surface area (Å²) in [4.78, 5) is 2.31. The number of rotatable bonds is 3. The number of para-hydroxylation sites is 1. The number of aryl methyl sites for hydroxylation is 1. The van der Waals surface area contributed by atoms with Crippen molar-refractivity contribution in [2.45, 2.75) is 0 Å². The minimum absolute atomic E-state index is 1.15. The molecule has 0 spiro atoms. The van der Waals surface area contributed by atoms with Gasteiger partial charge in [-0.3, -0.25) is 4.90 Å². The van der Waals surface area contributed by atoms with Crippen LogP contribution in [-0.4, -0.2) is 4.57 Å². The summed E-state index contributed by atoms with van der Waals surface area (Å²) in [6.07, 6.45) is 2.08. The molecule has 1 heterocycles. The van der Waals surface area contributed by atoms with Crippen LogP contribution in [0.4, 0.5) is 17.2 Å². The maximum Gasteiger partial charge on any atom is 0.117 e. The van der Waals surface area contributed by atoms with Gasteiger partial charge in [0.05, 0.1) is 5.69 Å². The van der Waals surface area contributed by atoms with Gasteiger partial charge < -0.3 is 4.57 Å². The van der Waals surface area contributed by atoms with Crippen LogP contribution >= 0.6 is 0 Å². The van der Waals surface area contributed by atoms with Crippen molar-refractivity contribution >= 4 is 28.0 Å². The first-order valence-electron chi connectivity index (χ1n) is 7.79. The topological polar surface area (TPSA) is 8.17 Å². The summed E-state index contributed by atoms with van der Waals surface area (Å²) in [6.45, 7) is 0. The van der Waals surface area contributed by atoms with Crippen LogP contribution in [0, 0.1) is 0 Å². The van der Waals surface area contributed by atoms with Crippen molar-refractivity contribution in [3.63, 3.8) is 0 Å². The van der Waals surface area contributed by atoms with Gasteiger partial charge in [0.15, 0.2) is 0 Å². The van der Waals surface area contributed by atoms with E-state index in [4.69, 9.17) is 0 Å². The van der Waals surface area contributed by atoms with E-state index in [1.165, 1.54) is 16.5 Å². The Balaban J connectivity index is 2.00. The van der Waals surface area contributed by atoms with Crippen LogP contribution < -0.4 is 4.90 Å². The summed E-state index contributed by atoms with van der Waals surface area (Å²) in [7, 11) is 2.08. The van der Waals surface area contributed by atoms with E-state index < -0.39 is 0 Å². The summed E-state index contributed by atoms with van der Waals surface area (Å²) < 4.78 is 2.15. The Morgan fingerprint density at radius 3 is 2.22 bits per heavy atom. The van der Waals surface area contributed by atoms with Crippen LogP contribution in [0.3, 0.4) is 0 Å². The third kappa shape index (κ3) is 2.38. The first-order chi connectivity index (χ1) is 11.3. The number of fused-ring (bicyclic) bond motifs is 1. The minimum atomic E-state index is 1.15. The lowest BCUT2D eigenvalue weighted by molar-refractivity contribution is 0.914. The minimum Gasteiger partial charge on any atom is -0.337 e. The third-order valence-corrected chi connectivity index (χ3v) is 4.17. The van der Waals surface area contributed by atoms with Gasteiger partial charge in [0, 0.05) is 24.3 Å². The molecule has 0 aliphatic heterocycles. The van der Waals surface area contributed by atoms with Gasteiger partial charge in [-0.15, -0.1) is 0 Å². The first kappa shape index (κ1) is 13.6. The number of benzene rings is 3. The van der Waals surface area contributed by atoms with E-state index in [2.05, 4.69) is 108 Å². The molecule has 0 bridgehead atoms. The molecule has 0 radical (unpaired) electrons. The molecular formula is C21H18N2. The fraction of sp³-hybridized carbons (Fsp3) is 0.0476. The maximum atomic E-state index is 2.31. The number of hydrogen-bond donors (Lipinski definition) is 0. The third-order valence-electron chi connectivity index (χ3n) is 4.17. The monoisotopic (exact) mass is 298 g/mol. The van der Waals surface area contributed by atoms with E-state index in [1.807, 2.05) is 0 Å². The highest BCUT2D eigenvalue weighted by atomic mass is 15.2. The summed E-state index contributed by atoms with van der Waals surface area (Å²) >= 11 is 0. The van der Waals surface area contributed by atoms with Crippen LogP contribution in [0.5, 0.6) is 0 Å². The van der Waals surface area contributed by atoms with Crippen molar-refractivity contribution in [1.82, 2.24) is 4.57 Å². The smallest absolute Gasteiger partial charge is 0.117 e. The summed E-state index contributed by atoms with van der Waals surface area (Å²) in [5, 5.41) is 2.50. The largest absolute Gasteiger partial charge is 0.337 e. The van der Waals surface area contributed by atoms with Crippen LogP contribution in [0.25, 0.3) is 10.8 Å². The van der Waals surface area contributed by atoms with Crippen molar-refractivity contribution in [2.24, 2.45) is 7.05 Å². The highest BCUT2D eigenvalue weighted by Crippen LogP contribution is 2.38. The Morgan fingerprint density at radius 1 is 0.696 bits per heavy atom. The first-order valence-corrected chi connectivity index (χ1v) is 7.79. The van der Waals surface area contributed by atoms with Crippen molar-refractivity contribution in [3.8, 4) is 0 Å². The lowest BCUT2D eigenvalue weighted by Gasteiger charge is -2.26. The van der Waals surface area contributed by atoms with Crippen molar-refractivity contribution in [1.29, 1.82) is 0 Å². The molecule has 0 N–H and O–H groups in total. The predicted octanol–water partition coefficient (Wildman–Crippen LogP) is 5.65. The molecule has 0 unspecified atom stereocenters. The SMILES string of the molecule is Cn1cccc1N(c1ccccc1)c1cccc2ccccc12. The molecule has 23 heavy (non-hydrogen) atoms. The second kappa shape index (κ2) is 5.65. The molecule has 3 aromatic carbocycles. The zero-order valence-electron chi connectivity index (χ0n) is 13.1. The van der Waals surface area contributed by atoms with E-state index in [0.717, 1.165) is 11.5 Å². The number of nitrogens with zero attached hydrogens (tertiary/aromatic N) is 2. The predicted molar refractivity (Wildman–Crippen MR) is 97.6 cm³/mol. The van der Waals surface area contributed by atoms with E-state index in [9.17, 15) is 0 Å². The molecule has 0 atom stereocenters. The number of anilines is 3. The number of hydrogen-bond acceptors (Lipinski definition) is 1. The zero-order valence-corrected chi connectivity index (χ0v) is 13.1. The lowest BCUT2D eigenvalue weighted by Crippen LogP contribution is -2.13. The van der Waals surface area contributed by atoms with E-state index in [1.54, 1.807) is 0 Å². The Hall–Kier alpha value is -3.00. The Labute approximate surface area is 136 Å². The molecule has 0 fully saturated rings. The summed E-state index contributed by atoms with van der Waals surface area (Å²) in [6, 6.07) is 29.7. The van der Waals surface area contributed by atoms with Gasteiger partial charge in [-0.25, -0.2) is 0 Å². The van der Waals surface area contributed by atoms with Gasteiger partial charge in [-0.2, -0.15) is 0 Å². The van der Waals surface area contributed by atoms with Gasteiger partial charge in [0.25, 0.3) is 0 Å². The van der Waals surface area contributed by atoms with Crippen LogP contribution in [-0.2, 0) is 7.05 Å². The van der Waals surface area contributed by atoms with Gasteiger partial charge in [-0.05, 0) is 35.7 Å². The van der Waals surface area contributed by atoms with E-state index >= 15 is 0 Å². The molecule has 0 saturated heterocycles. The molecule has 0 saturated carbocycles. The van der Waals surface area contributed by atoms with Gasteiger partial charge in [0.2, 0.25) is 0 Å². The van der Waals surface area contributed by atoms with Gasteiger partial charge in [-0.1, -0.05) is 54.6 Å². The normalized spacial score (nSPS) is 10.8. The fourth-order valence-electron chi connectivity index (χ4n) is 3.06. The average Bonchev–Trinajstić information content (AvgIpc) is 3.02. The van der Waals surface area contributed by atoms with Gasteiger partial charge in [0.1, 0.15) is 5.82 Å². The summed E-state index contributed by atoms with van der Waals surface area (Å²) in [5.41, 5.74) is 2.35. The maximum absolute atomic E-state index is 2.31. The highest BCUT2D eigenvalue weighted by Gasteiger charge is 2.16. The summed E-state index contributed by atoms with van der Waals surface area (Å²) in [5.74, 6) is 1.15. The molecule has 2 nitrogen and oxygen atoms in total. The second-order valence-electron chi connectivity index (χ2n) is 5.65. The molecule has 0 amide bonds. The van der Waals surface area contributed by atoms with E-state index in [0.29, 0.717) is 0 Å². The molecular weight excluding hydrogens is 280 g/mol. The molecule has 112 valence electrons. The van der Waals surface area contributed by atoms with Gasteiger partial charge >= 0.3 is 0 Å². The van der Waals surface area contributed by atoms with Crippen LogP contribution in [0.2, 0.25) is 0 Å². The molecule has 4 aromatic rings. The molecule has 1 aromatic heterocycles. The molecule has 2 heteroatoms. The van der Waals surface area contributed by atoms with Crippen LogP contribution in [0.15, 0.2) is 91.1 Å². The zero-order chi connectivity index (χ0) is 15.6. The molecule has 0 aliphatic rings. The average molecular weight is 298 g/mol. The fourth-order valence-corrected chi connectivity index (χ4v) is 3.06. The van der Waals surface area contributed by atoms with Crippen LogP contribution in [0.1, 0.15) is 0 Å². The Morgan fingerprint density at radius 2 is 1.43 bits per heavy atom. The quantitative estimate of drug-likeness (QED) is 0.474. The highest BCUT2D eigenvalue weighted by molar-refractivity contribution is 5.98. The lowest BCUT2D eigenvalue weighted by atomic mass is 10.1. The van der Waals surface area contributed by atoms with Crippen molar-refractivity contribution in [2.75, 3.05) is 4.90 Å². The standard InChI is InChI=1S/C21H18N2/c1-22-16-8-15-21(22)23(18-11-3-2-4-12-18)20-14-7-10-17-9-5-6-13-19(17)20/h2-16H,1H3. The molecule has 4 rings (SSSR count). The number of aromatic nitrogens is 1.